The van der Waals surface area contributed by atoms with Crippen molar-refractivity contribution in [1.82, 2.24) is 0 Å². The van der Waals surface area contributed by atoms with Gasteiger partial charge in [0.15, 0.2) is 0 Å². The van der Waals surface area contributed by atoms with Crippen LogP contribution in [0.1, 0.15) is 43.7 Å². The minimum Gasteiger partial charge on any atom is -0.496 e. The molecular weight excluding hydrogens is 222 g/mol. The molecular formula is C16H25NO. The Hall–Kier alpha value is -1.02. The maximum Gasteiger partial charge on any atom is 0.122 e. The Morgan fingerprint density at radius 2 is 2.06 bits per heavy atom. The van der Waals surface area contributed by atoms with E-state index in [1.807, 2.05) is 0 Å². The van der Waals surface area contributed by atoms with Gasteiger partial charge in [0, 0.05) is 0 Å². The van der Waals surface area contributed by atoms with Crippen molar-refractivity contribution >= 4 is 0 Å². The van der Waals surface area contributed by atoms with Crippen molar-refractivity contribution in [2.45, 2.75) is 39.0 Å². The molecule has 18 heavy (non-hydrogen) atoms. The lowest BCUT2D eigenvalue weighted by molar-refractivity contribution is 0.398. The van der Waals surface area contributed by atoms with Crippen LogP contribution >= 0.6 is 0 Å². The molecule has 0 radical (unpaired) electrons. The van der Waals surface area contributed by atoms with Gasteiger partial charge in [-0.1, -0.05) is 26.0 Å². The summed E-state index contributed by atoms with van der Waals surface area (Å²) in [5.74, 6) is 3.05. The molecule has 100 valence electrons. The number of hydrogen-bond donors (Lipinski definition) is 1. The summed E-state index contributed by atoms with van der Waals surface area (Å²) in [6.45, 7) is 5.25. The Labute approximate surface area is 111 Å². The molecule has 2 heteroatoms. The van der Waals surface area contributed by atoms with Gasteiger partial charge < -0.3 is 10.5 Å². The summed E-state index contributed by atoms with van der Waals surface area (Å²) in [7, 11) is 1.75. The van der Waals surface area contributed by atoms with E-state index in [4.69, 9.17) is 10.5 Å². The number of hydrogen-bond acceptors (Lipinski definition) is 2. The van der Waals surface area contributed by atoms with Gasteiger partial charge in [-0.25, -0.2) is 0 Å². The summed E-state index contributed by atoms with van der Waals surface area (Å²) >= 11 is 0. The molecule has 1 aromatic carbocycles. The van der Waals surface area contributed by atoms with Crippen molar-refractivity contribution in [2.24, 2.45) is 17.6 Å². The van der Waals surface area contributed by atoms with E-state index in [2.05, 4.69) is 32.0 Å². The average molecular weight is 247 g/mol. The maximum absolute atomic E-state index is 5.91. The van der Waals surface area contributed by atoms with Gasteiger partial charge in [0.2, 0.25) is 0 Å². The van der Waals surface area contributed by atoms with Gasteiger partial charge >= 0.3 is 0 Å². The van der Waals surface area contributed by atoms with E-state index in [1.54, 1.807) is 7.11 Å². The monoisotopic (exact) mass is 247 g/mol. The molecule has 1 fully saturated rings. The summed E-state index contributed by atoms with van der Waals surface area (Å²) in [4.78, 5) is 0. The fourth-order valence-corrected chi connectivity index (χ4v) is 2.61. The molecule has 1 aliphatic carbocycles. The first-order valence-corrected chi connectivity index (χ1v) is 7.02. The van der Waals surface area contributed by atoms with Crippen LogP contribution < -0.4 is 10.5 Å². The highest BCUT2D eigenvalue weighted by Gasteiger charge is 2.30. The van der Waals surface area contributed by atoms with E-state index in [-0.39, 0.29) is 0 Å². The summed E-state index contributed by atoms with van der Waals surface area (Å²) in [6.07, 6.45) is 3.77. The van der Waals surface area contributed by atoms with Crippen molar-refractivity contribution < 1.29 is 4.74 Å². The molecule has 1 aliphatic rings. The van der Waals surface area contributed by atoms with Gasteiger partial charge in [0.1, 0.15) is 5.75 Å². The highest BCUT2D eigenvalue weighted by Crippen LogP contribution is 2.39. The molecule has 0 saturated heterocycles. The predicted molar refractivity (Wildman–Crippen MR) is 76.1 cm³/mol. The number of benzene rings is 1. The Morgan fingerprint density at radius 1 is 1.33 bits per heavy atom. The molecule has 2 rings (SSSR count). The Morgan fingerprint density at radius 3 is 2.56 bits per heavy atom. The van der Waals surface area contributed by atoms with Crippen LogP contribution in [0.4, 0.5) is 0 Å². The number of nitrogens with two attached hydrogens (primary N) is 1. The van der Waals surface area contributed by atoms with Crippen LogP contribution in [0.3, 0.4) is 0 Å². The number of methoxy groups -OCH3 is 1. The summed E-state index contributed by atoms with van der Waals surface area (Å²) in [6, 6.07) is 6.57. The topological polar surface area (TPSA) is 35.2 Å². The van der Waals surface area contributed by atoms with Gasteiger partial charge in [-0.2, -0.15) is 0 Å². The number of rotatable bonds is 6. The third-order valence-electron chi connectivity index (χ3n) is 4.04. The Balaban J connectivity index is 2.19. The van der Waals surface area contributed by atoms with E-state index in [9.17, 15) is 0 Å². The summed E-state index contributed by atoms with van der Waals surface area (Å²) in [5.41, 5.74) is 8.62. The molecule has 1 atom stereocenters. The quantitative estimate of drug-likeness (QED) is 0.836. The second kappa shape index (κ2) is 5.75. The lowest BCUT2D eigenvalue weighted by Gasteiger charge is -2.18. The Kier molecular flexibility index (Phi) is 4.28. The van der Waals surface area contributed by atoms with Crippen molar-refractivity contribution in [3.63, 3.8) is 0 Å². The lowest BCUT2D eigenvalue weighted by atomic mass is 9.91. The van der Waals surface area contributed by atoms with Crippen molar-refractivity contribution in [3.05, 3.63) is 29.3 Å². The van der Waals surface area contributed by atoms with E-state index in [0.29, 0.717) is 11.8 Å². The fraction of sp³-hybridized carbons (Fsp3) is 0.625. The van der Waals surface area contributed by atoms with Crippen molar-refractivity contribution in [2.75, 3.05) is 13.7 Å². The van der Waals surface area contributed by atoms with Gasteiger partial charge in [0.25, 0.3) is 0 Å². The van der Waals surface area contributed by atoms with Crippen LogP contribution in [0.15, 0.2) is 18.2 Å². The van der Waals surface area contributed by atoms with Gasteiger partial charge in [-0.3, -0.25) is 0 Å². The van der Waals surface area contributed by atoms with Crippen LogP contribution in [0.2, 0.25) is 0 Å². The van der Waals surface area contributed by atoms with Crippen LogP contribution in [-0.4, -0.2) is 13.7 Å². The zero-order chi connectivity index (χ0) is 13.1. The molecule has 0 bridgehead atoms. The molecule has 2 N–H and O–H groups in total. The molecule has 0 heterocycles. The minimum absolute atomic E-state index is 0.562. The van der Waals surface area contributed by atoms with Gasteiger partial charge in [0.05, 0.1) is 7.11 Å². The van der Waals surface area contributed by atoms with Crippen LogP contribution in [0.5, 0.6) is 5.75 Å². The van der Waals surface area contributed by atoms with Gasteiger partial charge in [-0.05, 0) is 60.8 Å². The highest BCUT2D eigenvalue weighted by atomic mass is 16.5. The maximum atomic E-state index is 5.91. The molecule has 1 saturated carbocycles. The zero-order valence-corrected chi connectivity index (χ0v) is 11.8. The first kappa shape index (κ1) is 13.4. The minimum atomic E-state index is 0.562. The second-order valence-electron chi connectivity index (χ2n) is 5.76. The second-order valence-corrected chi connectivity index (χ2v) is 5.76. The third-order valence-corrected chi connectivity index (χ3v) is 4.04. The Bertz CT molecular complexity index is 396. The SMILES string of the molecule is COc1ccc(C(C)C)cc1CC(CN)C1CC1. The van der Waals surface area contributed by atoms with Crippen molar-refractivity contribution in [1.29, 1.82) is 0 Å². The summed E-state index contributed by atoms with van der Waals surface area (Å²) in [5, 5.41) is 0. The van der Waals surface area contributed by atoms with Crippen LogP contribution in [0, 0.1) is 11.8 Å². The molecule has 0 aromatic heterocycles. The average Bonchev–Trinajstić information content (AvgIpc) is 3.19. The largest absolute Gasteiger partial charge is 0.496 e. The zero-order valence-electron chi connectivity index (χ0n) is 11.8. The third kappa shape index (κ3) is 3.05. The number of ether oxygens (including phenoxy) is 1. The van der Waals surface area contributed by atoms with Crippen LogP contribution in [-0.2, 0) is 6.42 Å². The van der Waals surface area contributed by atoms with E-state index < -0.39 is 0 Å². The first-order chi connectivity index (χ1) is 8.65. The van der Waals surface area contributed by atoms with Crippen molar-refractivity contribution in [3.8, 4) is 5.75 Å². The predicted octanol–water partition coefficient (Wildman–Crippen LogP) is 3.35. The van der Waals surface area contributed by atoms with Crippen LogP contribution in [0.25, 0.3) is 0 Å². The lowest BCUT2D eigenvalue weighted by Crippen LogP contribution is -2.19. The normalized spacial score (nSPS) is 16.9. The fourth-order valence-electron chi connectivity index (χ4n) is 2.61. The summed E-state index contributed by atoms with van der Waals surface area (Å²) < 4.78 is 5.48. The molecule has 1 unspecified atom stereocenters. The van der Waals surface area contributed by atoms with Gasteiger partial charge in [-0.15, -0.1) is 0 Å². The van der Waals surface area contributed by atoms with E-state index >= 15 is 0 Å². The molecule has 0 spiro atoms. The molecule has 2 nitrogen and oxygen atoms in total. The standard InChI is InChI=1S/C16H25NO/c1-11(2)13-6-7-16(18-3)14(8-13)9-15(10-17)12-4-5-12/h6-8,11-12,15H,4-5,9-10,17H2,1-3H3. The molecule has 0 aliphatic heterocycles. The van der Waals surface area contributed by atoms with E-state index in [0.717, 1.165) is 24.6 Å². The smallest absolute Gasteiger partial charge is 0.122 e. The molecule has 1 aromatic rings. The molecule has 0 amide bonds. The first-order valence-electron chi connectivity index (χ1n) is 7.02. The van der Waals surface area contributed by atoms with E-state index in [1.165, 1.54) is 24.0 Å². The highest BCUT2D eigenvalue weighted by molar-refractivity contribution is 5.38.